The fraction of sp³-hybridized carbons (Fsp3) is 0.333. The second kappa shape index (κ2) is 7.48. The topological polar surface area (TPSA) is 110 Å². The SMILES string of the molecule is CCN(CC)S(=O)(=O)c1ccc(C(=O)NCc2nn3cnnc3s2)cc1. The van der Waals surface area contributed by atoms with Crippen LogP contribution in [0.15, 0.2) is 35.5 Å². The van der Waals surface area contributed by atoms with E-state index in [1.54, 1.807) is 18.4 Å². The Balaban J connectivity index is 1.67. The van der Waals surface area contributed by atoms with Gasteiger partial charge in [0, 0.05) is 18.7 Å². The molecule has 0 saturated carbocycles. The van der Waals surface area contributed by atoms with Gasteiger partial charge in [0.25, 0.3) is 5.91 Å². The number of fused-ring (bicyclic) bond motifs is 1. The number of sulfonamides is 1. The van der Waals surface area contributed by atoms with Crippen molar-refractivity contribution in [1.82, 2.24) is 29.4 Å². The van der Waals surface area contributed by atoms with Crippen molar-refractivity contribution in [2.24, 2.45) is 0 Å². The molecular weight excluding hydrogens is 376 g/mol. The maximum absolute atomic E-state index is 12.5. The Morgan fingerprint density at radius 2 is 1.92 bits per heavy atom. The van der Waals surface area contributed by atoms with E-state index in [1.165, 1.54) is 46.2 Å². The maximum atomic E-state index is 12.5. The first-order valence-electron chi connectivity index (χ1n) is 7.99. The summed E-state index contributed by atoms with van der Waals surface area (Å²) < 4.78 is 27.8. The molecule has 3 rings (SSSR count). The lowest BCUT2D eigenvalue weighted by molar-refractivity contribution is 0.0950. The summed E-state index contributed by atoms with van der Waals surface area (Å²) in [4.78, 5) is 13.1. The molecular formula is C15H18N6O3S2. The molecule has 0 unspecified atom stereocenters. The smallest absolute Gasteiger partial charge is 0.251 e. The van der Waals surface area contributed by atoms with Gasteiger partial charge >= 0.3 is 0 Å². The Labute approximate surface area is 154 Å². The lowest BCUT2D eigenvalue weighted by Crippen LogP contribution is -2.30. The van der Waals surface area contributed by atoms with E-state index in [2.05, 4.69) is 20.6 Å². The van der Waals surface area contributed by atoms with E-state index in [0.29, 0.717) is 28.6 Å². The molecule has 0 saturated heterocycles. The number of hydrogen-bond acceptors (Lipinski definition) is 7. The molecule has 2 heterocycles. The molecule has 1 N–H and O–H groups in total. The minimum Gasteiger partial charge on any atom is -0.345 e. The summed E-state index contributed by atoms with van der Waals surface area (Å²) in [6.07, 6.45) is 1.49. The number of carbonyl (C=O) groups is 1. The maximum Gasteiger partial charge on any atom is 0.251 e. The van der Waals surface area contributed by atoms with Crippen molar-refractivity contribution < 1.29 is 13.2 Å². The lowest BCUT2D eigenvalue weighted by atomic mass is 10.2. The second-order valence-corrected chi connectivity index (χ2v) is 8.33. The average Bonchev–Trinajstić information content (AvgIpc) is 3.22. The van der Waals surface area contributed by atoms with Crippen molar-refractivity contribution in [3.05, 3.63) is 41.2 Å². The third-order valence-electron chi connectivity index (χ3n) is 3.79. The van der Waals surface area contributed by atoms with Gasteiger partial charge in [0.15, 0.2) is 0 Å². The number of carbonyl (C=O) groups excluding carboxylic acids is 1. The molecule has 0 aliphatic heterocycles. The predicted molar refractivity (Wildman–Crippen MR) is 96.4 cm³/mol. The van der Waals surface area contributed by atoms with E-state index in [9.17, 15) is 13.2 Å². The van der Waals surface area contributed by atoms with Gasteiger partial charge in [-0.15, -0.1) is 10.2 Å². The molecule has 1 amide bonds. The zero-order chi connectivity index (χ0) is 18.7. The highest BCUT2D eigenvalue weighted by Crippen LogP contribution is 2.16. The van der Waals surface area contributed by atoms with Crippen LogP contribution in [0.1, 0.15) is 29.2 Å². The first-order valence-corrected chi connectivity index (χ1v) is 10.3. The van der Waals surface area contributed by atoms with Gasteiger partial charge in [0.2, 0.25) is 15.0 Å². The standard InChI is InChI=1S/C15H18N6O3S2/c1-3-20(4-2)26(23,24)12-7-5-11(6-8-12)14(22)16-9-13-19-21-10-17-18-15(21)25-13/h5-8,10H,3-4,9H2,1-2H3,(H,16,22). The summed E-state index contributed by atoms with van der Waals surface area (Å²) >= 11 is 1.33. The van der Waals surface area contributed by atoms with E-state index >= 15 is 0 Å². The molecule has 1 aromatic carbocycles. The Hall–Kier alpha value is -2.37. The van der Waals surface area contributed by atoms with Crippen LogP contribution >= 0.6 is 11.3 Å². The van der Waals surface area contributed by atoms with Gasteiger partial charge in [-0.2, -0.15) is 13.9 Å². The van der Waals surface area contributed by atoms with Crippen molar-refractivity contribution in [3.63, 3.8) is 0 Å². The monoisotopic (exact) mass is 394 g/mol. The zero-order valence-corrected chi connectivity index (χ0v) is 15.9. The number of nitrogens with one attached hydrogen (secondary N) is 1. The van der Waals surface area contributed by atoms with Gasteiger partial charge in [-0.25, -0.2) is 8.42 Å². The van der Waals surface area contributed by atoms with Crippen LogP contribution in [0.4, 0.5) is 0 Å². The third-order valence-corrected chi connectivity index (χ3v) is 6.77. The molecule has 0 aliphatic rings. The van der Waals surface area contributed by atoms with E-state index in [-0.39, 0.29) is 17.3 Å². The van der Waals surface area contributed by atoms with Crippen LogP contribution in [0.5, 0.6) is 0 Å². The molecule has 0 fully saturated rings. The fourth-order valence-electron chi connectivity index (χ4n) is 2.42. The van der Waals surface area contributed by atoms with Crippen LogP contribution in [0.2, 0.25) is 0 Å². The van der Waals surface area contributed by atoms with E-state index in [0.717, 1.165) is 0 Å². The van der Waals surface area contributed by atoms with Gasteiger partial charge in [-0.05, 0) is 24.3 Å². The highest BCUT2D eigenvalue weighted by Gasteiger charge is 2.21. The van der Waals surface area contributed by atoms with Crippen LogP contribution in [-0.4, -0.2) is 51.5 Å². The second-order valence-electron chi connectivity index (χ2n) is 5.35. The van der Waals surface area contributed by atoms with Gasteiger partial charge < -0.3 is 5.32 Å². The Morgan fingerprint density at radius 3 is 2.54 bits per heavy atom. The van der Waals surface area contributed by atoms with Crippen molar-refractivity contribution >= 4 is 32.2 Å². The van der Waals surface area contributed by atoms with Crippen molar-refractivity contribution in [1.29, 1.82) is 0 Å². The summed E-state index contributed by atoms with van der Waals surface area (Å²) in [5.74, 6) is -0.303. The first-order chi connectivity index (χ1) is 12.5. The summed E-state index contributed by atoms with van der Waals surface area (Å²) in [5, 5.41) is 15.3. The fourth-order valence-corrected chi connectivity index (χ4v) is 4.63. The molecule has 0 atom stereocenters. The zero-order valence-electron chi connectivity index (χ0n) is 14.3. The highest BCUT2D eigenvalue weighted by atomic mass is 32.2. The van der Waals surface area contributed by atoms with E-state index in [4.69, 9.17) is 0 Å². The summed E-state index contributed by atoms with van der Waals surface area (Å²) in [5.41, 5.74) is 0.381. The molecule has 3 aromatic rings. The number of benzene rings is 1. The summed E-state index contributed by atoms with van der Waals surface area (Å²) in [6.45, 7) is 4.62. The molecule has 0 spiro atoms. The third kappa shape index (κ3) is 3.59. The molecule has 11 heteroatoms. The van der Waals surface area contributed by atoms with Crippen molar-refractivity contribution in [2.45, 2.75) is 25.3 Å². The van der Waals surface area contributed by atoms with Crippen LogP contribution in [-0.2, 0) is 16.6 Å². The van der Waals surface area contributed by atoms with Crippen LogP contribution in [0, 0.1) is 0 Å². The molecule has 0 bridgehead atoms. The van der Waals surface area contributed by atoms with Gasteiger partial charge in [-0.1, -0.05) is 25.2 Å². The number of hydrogen-bond donors (Lipinski definition) is 1. The average molecular weight is 394 g/mol. The van der Waals surface area contributed by atoms with Crippen LogP contribution in [0.25, 0.3) is 4.96 Å². The predicted octanol–water partition coefficient (Wildman–Crippen LogP) is 1.15. The quantitative estimate of drug-likeness (QED) is 0.644. The first kappa shape index (κ1) is 18.4. The molecule has 2 aromatic heterocycles. The number of rotatable bonds is 7. The number of aromatic nitrogens is 4. The Bertz CT molecular complexity index is 977. The van der Waals surface area contributed by atoms with Gasteiger partial charge in [0.1, 0.15) is 11.3 Å². The lowest BCUT2D eigenvalue weighted by Gasteiger charge is -2.18. The Kier molecular flexibility index (Phi) is 5.30. The van der Waals surface area contributed by atoms with Crippen LogP contribution in [0.3, 0.4) is 0 Å². The van der Waals surface area contributed by atoms with Crippen molar-refractivity contribution in [3.8, 4) is 0 Å². The molecule has 9 nitrogen and oxygen atoms in total. The largest absolute Gasteiger partial charge is 0.345 e. The normalized spacial score (nSPS) is 12.0. The van der Waals surface area contributed by atoms with Gasteiger partial charge in [-0.3, -0.25) is 4.79 Å². The molecule has 0 aliphatic carbocycles. The number of amides is 1. The minimum atomic E-state index is -3.53. The Morgan fingerprint density at radius 1 is 1.23 bits per heavy atom. The summed E-state index contributed by atoms with van der Waals surface area (Å²) in [6, 6.07) is 5.91. The van der Waals surface area contributed by atoms with E-state index in [1.807, 2.05) is 0 Å². The summed E-state index contributed by atoms with van der Waals surface area (Å²) in [7, 11) is -3.53. The van der Waals surface area contributed by atoms with Crippen LogP contribution < -0.4 is 5.32 Å². The highest BCUT2D eigenvalue weighted by molar-refractivity contribution is 7.89. The van der Waals surface area contributed by atoms with Gasteiger partial charge in [0.05, 0.1) is 11.4 Å². The minimum absolute atomic E-state index is 0.173. The molecule has 26 heavy (non-hydrogen) atoms. The molecule has 0 radical (unpaired) electrons. The van der Waals surface area contributed by atoms with E-state index < -0.39 is 10.0 Å². The van der Waals surface area contributed by atoms with Crippen molar-refractivity contribution in [2.75, 3.05) is 13.1 Å². The molecule has 138 valence electrons. The number of nitrogens with zero attached hydrogens (tertiary/aromatic N) is 5.